The molecule has 4 rings (SSSR count). The first-order chi connectivity index (χ1) is 14.2. The molecule has 3 aromatic rings. The van der Waals surface area contributed by atoms with Crippen LogP contribution in [0.25, 0.3) is 16.7 Å². The van der Waals surface area contributed by atoms with Crippen LogP contribution in [0.5, 0.6) is 0 Å². The van der Waals surface area contributed by atoms with Crippen molar-refractivity contribution in [2.45, 2.75) is 18.0 Å². The van der Waals surface area contributed by atoms with Crippen LogP contribution >= 0.6 is 11.8 Å². The van der Waals surface area contributed by atoms with Gasteiger partial charge in [0.1, 0.15) is 0 Å². The highest BCUT2D eigenvalue weighted by Crippen LogP contribution is 2.28. The third-order valence-corrected chi connectivity index (χ3v) is 6.17. The number of aromatic nitrogens is 2. The van der Waals surface area contributed by atoms with Crippen molar-refractivity contribution < 1.29 is 14.3 Å². The number of likely N-dealkylation sites (tertiary alicyclic amines) is 1. The van der Waals surface area contributed by atoms with Crippen LogP contribution in [0.15, 0.2) is 59.8 Å². The van der Waals surface area contributed by atoms with E-state index in [1.54, 1.807) is 0 Å². The normalized spacial score (nSPS) is 14.9. The summed E-state index contributed by atoms with van der Waals surface area (Å²) in [6, 6.07) is 18.0. The number of fused-ring (bicyclic) bond motifs is 1. The monoisotopic (exact) mass is 409 g/mol. The lowest BCUT2D eigenvalue weighted by atomic mass is 9.97. The predicted octanol–water partition coefficient (Wildman–Crippen LogP) is 3.53. The number of piperidine rings is 1. The molecule has 0 aliphatic carbocycles. The third kappa shape index (κ3) is 4.15. The molecule has 150 valence electrons. The molecule has 1 aliphatic heterocycles. The van der Waals surface area contributed by atoms with E-state index in [1.807, 2.05) is 59.5 Å². The molecule has 0 saturated carbocycles. The maximum atomic E-state index is 12.7. The van der Waals surface area contributed by atoms with Gasteiger partial charge in [0.15, 0.2) is 5.16 Å². The molecule has 1 aromatic heterocycles. The van der Waals surface area contributed by atoms with Gasteiger partial charge < -0.3 is 9.64 Å². The fraction of sp³-hybridized carbons (Fsp3) is 0.318. The van der Waals surface area contributed by atoms with E-state index in [4.69, 9.17) is 9.72 Å². The van der Waals surface area contributed by atoms with E-state index in [0.29, 0.717) is 31.7 Å². The Morgan fingerprint density at radius 3 is 2.48 bits per heavy atom. The van der Waals surface area contributed by atoms with Crippen molar-refractivity contribution in [2.24, 2.45) is 5.92 Å². The number of rotatable bonds is 5. The third-order valence-electron chi connectivity index (χ3n) is 5.25. The highest BCUT2D eigenvalue weighted by molar-refractivity contribution is 7.99. The number of carbonyl (C=O) groups excluding carboxylic acids is 2. The van der Waals surface area contributed by atoms with Gasteiger partial charge in [-0.3, -0.25) is 14.2 Å². The topological polar surface area (TPSA) is 64.4 Å². The zero-order valence-electron chi connectivity index (χ0n) is 16.3. The van der Waals surface area contributed by atoms with Crippen molar-refractivity contribution in [3.63, 3.8) is 0 Å². The zero-order chi connectivity index (χ0) is 20.2. The summed E-state index contributed by atoms with van der Waals surface area (Å²) in [4.78, 5) is 31.0. The average molecular weight is 410 g/mol. The van der Waals surface area contributed by atoms with Gasteiger partial charge >= 0.3 is 5.97 Å². The fourth-order valence-electron chi connectivity index (χ4n) is 3.68. The van der Waals surface area contributed by atoms with Crippen LogP contribution < -0.4 is 0 Å². The summed E-state index contributed by atoms with van der Waals surface area (Å²) in [5, 5.41) is 0.801. The minimum absolute atomic E-state index is 0.0741. The van der Waals surface area contributed by atoms with Crippen LogP contribution in [0.4, 0.5) is 0 Å². The van der Waals surface area contributed by atoms with Gasteiger partial charge in [-0.15, -0.1) is 0 Å². The summed E-state index contributed by atoms with van der Waals surface area (Å²) < 4.78 is 6.91. The Hall–Kier alpha value is -2.80. The molecule has 0 unspecified atom stereocenters. The Bertz CT molecular complexity index is 1010. The molecule has 0 atom stereocenters. The quantitative estimate of drug-likeness (QED) is 0.476. The van der Waals surface area contributed by atoms with Gasteiger partial charge in [0.05, 0.1) is 29.8 Å². The number of nitrogens with zero attached hydrogens (tertiary/aromatic N) is 3. The Morgan fingerprint density at radius 1 is 1.07 bits per heavy atom. The minimum atomic E-state index is -0.178. The lowest BCUT2D eigenvalue weighted by Gasteiger charge is -2.30. The first-order valence-corrected chi connectivity index (χ1v) is 10.7. The smallest absolute Gasteiger partial charge is 0.308 e. The van der Waals surface area contributed by atoms with Crippen molar-refractivity contribution in [3.05, 3.63) is 54.6 Å². The molecule has 6 nitrogen and oxygen atoms in total. The Balaban J connectivity index is 1.48. The molecule has 7 heteroatoms. The predicted molar refractivity (Wildman–Crippen MR) is 113 cm³/mol. The minimum Gasteiger partial charge on any atom is -0.469 e. The first kappa shape index (κ1) is 19.5. The maximum absolute atomic E-state index is 12.7. The number of methoxy groups -OCH3 is 1. The molecule has 1 saturated heterocycles. The molecule has 2 heterocycles. The number of imidazole rings is 1. The molecule has 1 fully saturated rings. The second kappa shape index (κ2) is 8.69. The van der Waals surface area contributed by atoms with Crippen molar-refractivity contribution >= 4 is 34.7 Å². The first-order valence-electron chi connectivity index (χ1n) is 9.68. The lowest BCUT2D eigenvalue weighted by Crippen LogP contribution is -2.41. The average Bonchev–Trinajstić information content (AvgIpc) is 3.16. The van der Waals surface area contributed by atoms with E-state index in [0.717, 1.165) is 21.9 Å². The van der Waals surface area contributed by atoms with Crippen molar-refractivity contribution in [1.29, 1.82) is 0 Å². The van der Waals surface area contributed by atoms with Gasteiger partial charge in [0.25, 0.3) is 0 Å². The van der Waals surface area contributed by atoms with Crippen molar-refractivity contribution in [3.8, 4) is 5.69 Å². The van der Waals surface area contributed by atoms with Crippen LogP contribution in [-0.2, 0) is 14.3 Å². The van der Waals surface area contributed by atoms with Crippen LogP contribution in [0.1, 0.15) is 12.8 Å². The zero-order valence-corrected chi connectivity index (χ0v) is 17.1. The van der Waals surface area contributed by atoms with Crippen molar-refractivity contribution in [2.75, 3.05) is 26.0 Å². The van der Waals surface area contributed by atoms with Crippen LogP contribution in [0.3, 0.4) is 0 Å². The molecule has 0 bridgehead atoms. The molecule has 0 N–H and O–H groups in total. The van der Waals surface area contributed by atoms with Crippen LogP contribution in [0.2, 0.25) is 0 Å². The number of hydrogen-bond acceptors (Lipinski definition) is 5. The molecule has 0 spiro atoms. The van der Waals surface area contributed by atoms with E-state index in [1.165, 1.54) is 18.9 Å². The number of ether oxygens (including phenoxy) is 1. The summed E-state index contributed by atoms with van der Waals surface area (Å²) in [5.74, 6) is 0.117. The molecule has 29 heavy (non-hydrogen) atoms. The maximum Gasteiger partial charge on any atom is 0.308 e. The van der Waals surface area contributed by atoms with Gasteiger partial charge in [-0.05, 0) is 37.1 Å². The number of benzene rings is 2. The number of hydrogen-bond donors (Lipinski definition) is 0. The molecule has 2 aromatic carbocycles. The highest BCUT2D eigenvalue weighted by atomic mass is 32.2. The summed E-state index contributed by atoms with van der Waals surface area (Å²) >= 11 is 1.45. The Kier molecular flexibility index (Phi) is 5.85. The van der Waals surface area contributed by atoms with Gasteiger partial charge in [0.2, 0.25) is 5.91 Å². The number of para-hydroxylation sites is 3. The van der Waals surface area contributed by atoms with E-state index < -0.39 is 0 Å². The Labute approximate surface area is 173 Å². The summed E-state index contributed by atoms with van der Waals surface area (Å²) in [6.07, 6.45) is 1.32. The van der Waals surface area contributed by atoms with E-state index in [-0.39, 0.29) is 17.8 Å². The number of esters is 1. The van der Waals surface area contributed by atoms with Gasteiger partial charge in [0, 0.05) is 18.8 Å². The largest absolute Gasteiger partial charge is 0.469 e. The van der Waals surface area contributed by atoms with Crippen molar-refractivity contribution in [1.82, 2.24) is 14.5 Å². The van der Waals surface area contributed by atoms with E-state index in [9.17, 15) is 9.59 Å². The van der Waals surface area contributed by atoms with E-state index in [2.05, 4.69) is 4.57 Å². The highest BCUT2D eigenvalue weighted by Gasteiger charge is 2.28. The number of carbonyl (C=O) groups is 2. The number of thioether (sulfide) groups is 1. The van der Waals surface area contributed by atoms with Gasteiger partial charge in [-0.1, -0.05) is 42.1 Å². The van der Waals surface area contributed by atoms with Crippen LogP contribution in [0, 0.1) is 5.92 Å². The SMILES string of the molecule is COC(=O)C1CCN(C(=O)CSc2nc3ccccc3n2-c2ccccc2)CC1. The summed E-state index contributed by atoms with van der Waals surface area (Å²) in [6.45, 7) is 1.18. The summed E-state index contributed by atoms with van der Waals surface area (Å²) in [7, 11) is 1.41. The molecule has 1 amide bonds. The fourth-order valence-corrected chi connectivity index (χ4v) is 4.61. The standard InChI is InChI=1S/C22H23N3O3S/c1-28-21(27)16-11-13-24(14-12-16)20(26)15-29-22-23-18-9-5-6-10-19(18)25(22)17-7-3-2-4-8-17/h2-10,16H,11-15H2,1H3. The molecular weight excluding hydrogens is 386 g/mol. The second-order valence-electron chi connectivity index (χ2n) is 7.02. The van der Waals surface area contributed by atoms with E-state index >= 15 is 0 Å². The second-order valence-corrected chi connectivity index (χ2v) is 7.96. The molecule has 0 radical (unpaired) electrons. The molecular formula is C22H23N3O3S. The summed E-state index contributed by atoms with van der Waals surface area (Å²) in [5.41, 5.74) is 2.95. The number of amides is 1. The lowest BCUT2D eigenvalue weighted by molar-refractivity contribution is -0.148. The Morgan fingerprint density at radius 2 is 1.76 bits per heavy atom. The molecule has 1 aliphatic rings. The van der Waals surface area contributed by atoms with Gasteiger partial charge in [-0.25, -0.2) is 4.98 Å². The van der Waals surface area contributed by atoms with Gasteiger partial charge in [-0.2, -0.15) is 0 Å². The van der Waals surface area contributed by atoms with Crippen LogP contribution in [-0.4, -0.2) is 52.3 Å².